The van der Waals surface area contributed by atoms with Crippen LogP contribution in [0.15, 0.2) is 55.1 Å². The van der Waals surface area contributed by atoms with E-state index in [2.05, 4.69) is 30.6 Å². The van der Waals surface area contributed by atoms with Gasteiger partial charge >= 0.3 is 0 Å². The maximum absolute atomic E-state index is 14.0. The van der Waals surface area contributed by atoms with E-state index < -0.39 is 30.5 Å². The van der Waals surface area contributed by atoms with Crippen molar-refractivity contribution in [2.45, 2.75) is 19.6 Å². The van der Waals surface area contributed by atoms with Gasteiger partial charge in [-0.2, -0.15) is 4.39 Å². The van der Waals surface area contributed by atoms with E-state index in [1.807, 2.05) is 0 Å². The molecule has 1 aromatic carbocycles. The number of hydrogen-bond acceptors (Lipinski definition) is 7. The molecule has 3 aromatic heterocycles. The molecule has 2 amide bonds. The first-order valence-electron chi connectivity index (χ1n) is 10.2. The van der Waals surface area contributed by atoms with Gasteiger partial charge in [-0.15, -0.1) is 11.3 Å². The highest BCUT2D eigenvalue weighted by atomic mass is 35.5. The summed E-state index contributed by atoms with van der Waals surface area (Å²) in [7, 11) is 0. The summed E-state index contributed by atoms with van der Waals surface area (Å²) in [6, 6.07) is 8.40. The predicted molar refractivity (Wildman–Crippen MR) is 127 cm³/mol. The molecule has 0 spiro atoms. The van der Waals surface area contributed by atoms with Crippen LogP contribution >= 0.6 is 22.9 Å². The Hall–Kier alpha value is -3.83. The molecule has 0 radical (unpaired) electrons. The van der Waals surface area contributed by atoms with Crippen molar-refractivity contribution in [1.82, 2.24) is 25.3 Å². The molecule has 0 fully saturated rings. The molecule has 178 valence electrons. The molecule has 0 bridgehead atoms. The SMILES string of the molecule is CC(NC(=O)c1cc(-c2cccnc2F)ncn1)c1ncc(C(=O)Nc2ccc(CF)c(Cl)c2)s1. The first kappa shape index (κ1) is 24.3. The number of halogens is 3. The van der Waals surface area contributed by atoms with E-state index in [-0.39, 0.29) is 22.0 Å². The fraction of sp³-hybridized carbons (Fsp3) is 0.130. The second-order valence-electron chi connectivity index (χ2n) is 7.28. The van der Waals surface area contributed by atoms with Crippen LogP contribution in [0.25, 0.3) is 11.3 Å². The van der Waals surface area contributed by atoms with Crippen molar-refractivity contribution in [3.05, 3.63) is 87.2 Å². The van der Waals surface area contributed by atoms with Gasteiger partial charge in [-0.3, -0.25) is 9.59 Å². The molecule has 0 aliphatic heterocycles. The van der Waals surface area contributed by atoms with Crippen LogP contribution in [-0.4, -0.2) is 31.8 Å². The van der Waals surface area contributed by atoms with Crippen LogP contribution in [0, 0.1) is 5.95 Å². The fourth-order valence-electron chi connectivity index (χ4n) is 3.06. The summed E-state index contributed by atoms with van der Waals surface area (Å²) in [6.45, 7) is 1.00. The van der Waals surface area contributed by atoms with Gasteiger partial charge in [0, 0.05) is 22.5 Å². The van der Waals surface area contributed by atoms with Crippen molar-refractivity contribution in [3.63, 3.8) is 0 Å². The fourth-order valence-corrected chi connectivity index (χ4v) is 4.10. The minimum absolute atomic E-state index is 0.0354. The molecule has 2 N–H and O–H groups in total. The molecule has 8 nitrogen and oxygen atoms in total. The van der Waals surface area contributed by atoms with E-state index in [1.165, 1.54) is 43.0 Å². The average Bonchev–Trinajstić information content (AvgIpc) is 3.35. The average molecular weight is 515 g/mol. The Labute approximate surface area is 207 Å². The second kappa shape index (κ2) is 10.6. The first-order valence-corrected chi connectivity index (χ1v) is 11.4. The van der Waals surface area contributed by atoms with Crippen LogP contribution in [0.5, 0.6) is 0 Å². The number of nitrogens with one attached hydrogen (secondary N) is 2. The van der Waals surface area contributed by atoms with Gasteiger partial charge in [-0.1, -0.05) is 17.7 Å². The number of rotatable bonds is 7. The number of aromatic nitrogens is 4. The third-order valence-corrected chi connectivity index (χ3v) is 6.39. The quantitative estimate of drug-likeness (QED) is 0.336. The van der Waals surface area contributed by atoms with E-state index >= 15 is 0 Å². The number of carbonyl (C=O) groups is 2. The van der Waals surface area contributed by atoms with Crippen LogP contribution in [-0.2, 0) is 6.67 Å². The van der Waals surface area contributed by atoms with Gasteiger partial charge in [0.15, 0.2) is 0 Å². The lowest BCUT2D eigenvalue weighted by Crippen LogP contribution is -2.27. The van der Waals surface area contributed by atoms with Crippen molar-refractivity contribution >= 4 is 40.4 Å². The lowest BCUT2D eigenvalue weighted by molar-refractivity contribution is 0.0934. The predicted octanol–water partition coefficient (Wildman–Crippen LogP) is 5.00. The van der Waals surface area contributed by atoms with Crippen LogP contribution in [0.4, 0.5) is 14.5 Å². The minimum Gasteiger partial charge on any atom is -0.342 e. The van der Waals surface area contributed by atoms with Crippen LogP contribution in [0.1, 0.15) is 43.7 Å². The zero-order chi connectivity index (χ0) is 24.9. The second-order valence-corrected chi connectivity index (χ2v) is 8.75. The number of amides is 2. The Bertz CT molecular complexity index is 1400. The summed E-state index contributed by atoms with van der Waals surface area (Å²) >= 11 is 7.08. The minimum atomic E-state index is -0.708. The van der Waals surface area contributed by atoms with Crippen molar-refractivity contribution < 1.29 is 18.4 Å². The topological polar surface area (TPSA) is 110 Å². The normalized spacial score (nSPS) is 11.7. The van der Waals surface area contributed by atoms with E-state index in [0.717, 1.165) is 11.3 Å². The zero-order valence-electron chi connectivity index (χ0n) is 18.1. The van der Waals surface area contributed by atoms with E-state index in [4.69, 9.17) is 11.6 Å². The van der Waals surface area contributed by atoms with Crippen molar-refractivity contribution in [3.8, 4) is 11.3 Å². The number of pyridine rings is 1. The van der Waals surface area contributed by atoms with Gasteiger partial charge in [0.25, 0.3) is 11.8 Å². The highest BCUT2D eigenvalue weighted by Crippen LogP contribution is 2.25. The number of nitrogens with zero attached hydrogens (tertiary/aromatic N) is 4. The zero-order valence-corrected chi connectivity index (χ0v) is 19.7. The number of carbonyl (C=O) groups excluding carboxylic acids is 2. The number of anilines is 1. The van der Waals surface area contributed by atoms with Gasteiger partial charge in [0.2, 0.25) is 5.95 Å². The molecule has 1 unspecified atom stereocenters. The maximum atomic E-state index is 14.0. The summed E-state index contributed by atoms with van der Waals surface area (Å²) < 4.78 is 26.8. The summed E-state index contributed by atoms with van der Waals surface area (Å²) in [5, 5.41) is 6.13. The number of alkyl halides is 1. The molecule has 35 heavy (non-hydrogen) atoms. The Morgan fingerprint density at radius 3 is 2.69 bits per heavy atom. The van der Waals surface area contributed by atoms with E-state index in [9.17, 15) is 18.4 Å². The largest absolute Gasteiger partial charge is 0.342 e. The Kier molecular flexibility index (Phi) is 7.37. The molecule has 0 saturated heterocycles. The third kappa shape index (κ3) is 5.64. The van der Waals surface area contributed by atoms with Crippen molar-refractivity contribution in [1.29, 1.82) is 0 Å². The lowest BCUT2D eigenvalue weighted by atomic mass is 10.1. The van der Waals surface area contributed by atoms with Gasteiger partial charge < -0.3 is 10.6 Å². The van der Waals surface area contributed by atoms with Crippen molar-refractivity contribution in [2.24, 2.45) is 0 Å². The highest BCUT2D eigenvalue weighted by molar-refractivity contribution is 7.13. The summed E-state index contributed by atoms with van der Waals surface area (Å²) in [5.41, 5.74) is 1.14. The maximum Gasteiger partial charge on any atom is 0.270 e. The van der Waals surface area contributed by atoms with Crippen LogP contribution < -0.4 is 10.6 Å². The molecule has 0 saturated carbocycles. The molecule has 4 rings (SSSR count). The summed E-state index contributed by atoms with van der Waals surface area (Å²) in [6.07, 6.45) is 3.87. The lowest BCUT2D eigenvalue weighted by Gasteiger charge is -2.11. The molecule has 0 aliphatic rings. The third-order valence-electron chi connectivity index (χ3n) is 4.86. The smallest absolute Gasteiger partial charge is 0.270 e. The Morgan fingerprint density at radius 2 is 1.94 bits per heavy atom. The van der Waals surface area contributed by atoms with E-state index in [1.54, 1.807) is 19.1 Å². The van der Waals surface area contributed by atoms with E-state index in [0.29, 0.717) is 21.1 Å². The van der Waals surface area contributed by atoms with Crippen LogP contribution in [0.2, 0.25) is 5.02 Å². The molecule has 1 atom stereocenters. The number of thiazole rings is 1. The number of hydrogen-bond donors (Lipinski definition) is 2. The summed E-state index contributed by atoms with van der Waals surface area (Å²) in [5.74, 6) is -1.65. The molecule has 4 aromatic rings. The molecular formula is C23H17ClF2N6O2S. The highest BCUT2D eigenvalue weighted by Gasteiger charge is 2.19. The first-order chi connectivity index (χ1) is 16.9. The monoisotopic (exact) mass is 514 g/mol. The molecule has 3 heterocycles. The van der Waals surface area contributed by atoms with Crippen LogP contribution in [0.3, 0.4) is 0 Å². The van der Waals surface area contributed by atoms with Gasteiger partial charge in [0.05, 0.1) is 23.5 Å². The number of benzene rings is 1. The van der Waals surface area contributed by atoms with Crippen molar-refractivity contribution in [2.75, 3.05) is 5.32 Å². The Balaban J connectivity index is 1.42. The molecule has 0 aliphatic carbocycles. The standard InChI is InChI=1S/C23H17ClF2N6O2S/c1-12(31-21(33)18-8-17(29-11-30-18)15-3-2-6-27-20(15)26)23-28-10-19(35-23)22(34)32-14-5-4-13(9-25)16(24)7-14/h2-8,10-12H,9H2,1H3,(H,31,33)(H,32,34). The summed E-state index contributed by atoms with van der Waals surface area (Å²) in [4.78, 5) is 41.4. The molecular weight excluding hydrogens is 498 g/mol. The van der Waals surface area contributed by atoms with Gasteiger partial charge in [-0.25, -0.2) is 24.3 Å². The van der Waals surface area contributed by atoms with Gasteiger partial charge in [0.1, 0.15) is 28.6 Å². The van der Waals surface area contributed by atoms with Gasteiger partial charge in [-0.05, 0) is 37.3 Å². The Morgan fingerprint density at radius 1 is 1.11 bits per heavy atom. The molecule has 12 heteroatoms.